The molecule has 1 aliphatic heterocycles. The maximum absolute atomic E-state index is 13.8. The molecule has 1 atom stereocenters. The van der Waals surface area contributed by atoms with E-state index >= 15 is 0 Å². The minimum atomic E-state index is -0.460. The fourth-order valence-electron chi connectivity index (χ4n) is 2.72. The average Bonchev–Trinajstić information content (AvgIpc) is 2.59. The normalized spacial score (nSPS) is 17.6. The second kappa shape index (κ2) is 7.57. The highest BCUT2D eigenvalue weighted by molar-refractivity contribution is 6.31. The number of aromatic nitrogens is 2. The van der Waals surface area contributed by atoms with Crippen molar-refractivity contribution in [1.29, 1.82) is 0 Å². The van der Waals surface area contributed by atoms with Crippen molar-refractivity contribution in [2.24, 2.45) is 0 Å². The molecule has 2 aromatic rings. The Morgan fingerprint density at radius 3 is 2.88 bits per heavy atom. The first-order valence-electron chi connectivity index (χ1n) is 7.78. The molecule has 0 radical (unpaired) electrons. The van der Waals surface area contributed by atoms with Gasteiger partial charge in [-0.25, -0.2) is 14.4 Å². The lowest BCUT2D eigenvalue weighted by Crippen LogP contribution is -2.45. The molecule has 24 heavy (non-hydrogen) atoms. The smallest absolute Gasteiger partial charge is 0.316 e. The predicted octanol–water partition coefficient (Wildman–Crippen LogP) is 2.88. The van der Waals surface area contributed by atoms with Gasteiger partial charge in [0.25, 0.3) is 0 Å². The Morgan fingerprint density at radius 1 is 1.33 bits per heavy atom. The van der Waals surface area contributed by atoms with Gasteiger partial charge in [-0.2, -0.15) is 0 Å². The Morgan fingerprint density at radius 2 is 2.12 bits per heavy atom. The van der Waals surface area contributed by atoms with Gasteiger partial charge in [0.05, 0.1) is 13.0 Å². The van der Waals surface area contributed by atoms with Crippen LogP contribution in [0.5, 0.6) is 6.01 Å². The maximum Gasteiger partial charge on any atom is 0.316 e. The fourth-order valence-corrected chi connectivity index (χ4v) is 2.95. The summed E-state index contributed by atoms with van der Waals surface area (Å²) in [5.41, 5.74) is 0.235. The highest BCUT2D eigenvalue weighted by atomic mass is 35.5. The van der Waals surface area contributed by atoms with Gasteiger partial charge in [-0.05, 0) is 31.0 Å². The Labute approximate surface area is 144 Å². The molecule has 5 nitrogen and oxygen atoms in total. The van der Waals surface area contributed by atoms with E-state index < -0.39 is 5.82 Å². The summed E-state index contributed by atoms with van der Waals surface area (Å²) in [7, 11) is 0. The number of benzene rings is 1. The molecule has 2 heterocycles. The average molecular weight is 350 g/mol. The third-order valence-electron chi connectivity index (χ3n) is 3.93. The molecule has 0 spiro atoms. The molecule has 1 saturated heterocycles. The molecule has 3 rings (SSSR count). The van der Waals surface area contributed by atoms with E-state index in [-0.39, 0.29) is 29.0 Å². The van der Waals surface area contributed by atoms with E-state index in [2.05, 4.69) is 9.97 Å². The Bertz CT molecular complexity index is 694. The largest absolute Gasteiger partial charge is 0.458 e. The molecule has 1 aromatic carbocycles. The third-order valence-corrected chi connectivity index (χ3v) is 4.29. The number of amides is 1. The molecule has 1 aromatic heterocycles. The molecule has 7 heteroatoms. The van der Waals surface area contributed by atoms with E-state index in [0.29, 0.717) is 19.1 Å². The summed E-state index contributed by atoms with van der Waals surface area (Å²) in [6.45, 7) is 1.06. The lowest BCUT2D eigenvalue weighted by molar-refractivity contribution is -0.133. The molecule has 0 N–H and O–H groups in total. The van der Waals surface area contributed by atoms with Gasteiger partial charge in [0.1, 0.15) is 11.9 Å². The molecular formula is C17H17ClFN3O2. The van der Waals surface area contributed by atoms with Crippen LogP contribution >= 0.6 is 11.6 Å². The van der Waals surface area contributed by atoms with E-state index in [1.165, 1.54) is 12.1 Å². The summed E-state index contributed by atoms with van der Waals surface area (Å²) in [4.78, 5) is 22.2. The topological polar surface area (TPSA) is 55.3 Å². The molecule has 0 saturated carbocycles. The van der Waals surface area contributed by atoms with Crippen LogP contribution in [-0.2, 0) is 11.2 Å². The number of carbonyl (C=O) groups excluding carboxylic acids is 1. The standard InChI is InChI=1S/C17H17ClFN3O2/c18-14-5-1-6-15(19)13(14)10-16(23)22-9-2-4-12(11-22)24-17-20-7-3-8-21-17/h1,3,5-8,12H,2,4,9-11H2. The lowest BCUT2D eigenvalue weighted by Gasteiger charge is -2.32. The van der Waals surface area contributed by atoms with Gasteiger partial charge >= 0.3 is 6.01 Å². The number of hydrogen-bond acceptors (Lipinski definition) is 4. The number of ether oxygens (including phenoxy) is 1. The second-order valence-electron chi connectivity index (χ2n) is 5.63. The van der Waals surface area contributed by atoms with Crippen molar-refractivity contribution >= 4 is 17.5 Å². The van der Waals surface area contributed by atoms with Crippen molar-refractivity contribution in [2.75, 3.05) is 13.1 Å². The molecule has 1 unspecified atom stereocenters. The molecule has 0 bridgehead atoms. The van der Waals surface area contributed by atoms with Gasteiger partial charge in [-0.3, -0.25) is 4.79 Å². The zero-order valence-corrected chi connectivity index (χ0v) is 13.7. The number of piperidine rings is 1. The summed E-state index contributed by atoms with van der Waals surface area (Å²) in [5, 5.41) is 0.269. The lowest BCUT2D eigenvalue weighted by atomic mass is 10.1. The van der Waals surface area contributed by atoms with Crippen molar-refractivity contribution in [2.45, 2.75) is 25.4 Å². The van der Waals surface area contributed by atoms with Crippen LogP contribution in [0.15, 0.2) is 36.7 Å². The van der Waals surface area contributed by atoms with E-state index in [0.717, 1.165) is 12.8 Å². The summed E-state index contributed by atoms with van der Waals surface area (Å²) < 4.78 is 19.6. The minimum Gasteiger partial charge on any atom is -0.458 e. The zero-order chi connectivity index (χ0) is 16.9. The summed E-state index contributed by atoms with van der Waals surface area (Å²) in [6.07, 6.45) is 4.63. The predicted molar refractivity (Wildman–Crippen MR) is 87.4 cm³/mol. The van der Waals surface area contributed by atoms with Gasteiger partial charge in [0, 0.05) is 29.5 Å². The zero-order valence-electron chi connectivity index (χ0n) is 13.0. The highest BCUT2D eigenvalue weighted by Gasteiger charge is 2.26. The van der Waals surface area contributed by atoms with E-state index in [9.17, 15) is 9.18 Å². The molecule has 0 aliphatic carbocycles. The maximum atomic E-state index is 13.8. The Hall–Kier alpha value is -2.21. The summed E-state index contributed by atoms with van der Waals surface area (Å²) in [6, 6.07) is 6.43. The number of halogens is 2. The van der Waals surface area contributed by atoms with Crippen molar-refractivity contribution in [3.05, 3.63) is 53.1 Å². The van der Waals surface area contributed by atoms with Crippen LogP contribution in [-0.4, -0.2) is 40.0 Å². The Kier molecular flexibility index (Phi) is 5.25. The van der Waals surface area contributed by atoms with Crippen LogP contribution in [0.2, 0.25) is 5.02 Å². The summed E-state index contributed by atoms with van der Waals surface area (Å²) >= 11 is 6.00. The number of carbonyl (C=O) groups is 1. The van der Waals surface area contributed by atoms with Crippen molar-refractivity contribution in [3.63, 3.8) is 0 Å². The van der Waals surface area contributed by atoms with Gasteiger partial charge in [0.2, 0.25) is 5.91 Å². The minimum absolute atomic E-state index is 0.0555. The molecule has 1 amide bonds. The first kappa shape index (κ1) is 16.6. The first-order chi connectivity index (χ1) is 11.6. The van der Waals surface area contributed by atoms with Crippen LogP contribution in [0.3, 0.4) is 0 Å². The van der Waals surface area contributed by atoms with Crippen molar-refractivity contribution < 1.29 is 13.9 Å². The van der Waals surface area contributed by atoms with Gasteiger partial charge < -0.3 is 9.64 Å². The number of hydrogen-bond donors (Lipinski definition) is 0. The van der Waals surface area contributed by atoms with Crippen LogP contribution < -0.4 is 4.74 Å². The van der Waals surface area contributed by atoms with Crippen LogP contribution in [0, 0.1) is 5.82 Å². The monoisotopic (exact) mass is 349 g/mol. The van der Waals surface area contributed by atoms with E-state index in [1.54, 1.807) is 29.4 Å². The SMILES string of the molecule is O=C(Cc1c(F)cccc1Cl)N1CCCC(Oc2ncccn2)C1. The number of likely N-dealkylation sites (tertiary alicyclic amines) is 1. The Balaban J connectivity index is 1.63. The van der Waals surface area contributed by atoms with Gasteiger partial charge in [-0.15, -0.1) is 0 Å². The fraction of sp³-hybridized carbons (Fsp3) is 0.353. The molecule has 1 aliphatic rings. The molecular weight excluding hydrogens is 333 g/mol. The second-order valence-corrected chi connectivity index (χ2v) is 6.04. The third kappa shape index (κ3) is 4.00. The molecule has 1 fully saturated rings. The van der Waals surface area contributed by atoms with Crippen molar-refractivity contribution in [1.82, 2.24) is 14.9 Å². The first-order valence-corrected chi connectivity index (χ1v) is 8.15. The van der Waals surface area contributed by atoms with Crippen LogP contribution in [0.4, 0.5) is 4.39 Å². The van der Waals surface area contributed by atoms with Gasteiger partial charge in [0.15, 0.2) is 0 Å². The molecule has 126 valence electrons. The van der Waals surface area contributed by atoms with Gasteiger partial charge in [-0.1, -0.05) is 17.7 Å². The van der Waals surface area contributed by atoms with E-state index in [4.69, 9.17) is 16.3 Å². The summed E-state index contributed by atoms with van der Waals surface area (Å²) in [5.74, 6) is -0.623. The van der Waals surface area contributed by atoms with Crippen molar-refractivity contribution in [3.8, 4) is 6.01 Å². The number of rotatable bonds is 4. The van der Waals surface area contributed by atoms with Crippen LogP contribution in [0.25, 0.3) is 0 Å². The van der Waals surface area contributed by atoms with Crippen LogP contribution in [0.1, 0.15) is 18.4 Å². The highest BCUT2D eigenvalue weighted by Crippen LogP contribution is 2.22. The quantitative estimate of drug-likeness (QED) is 0.851. The van der Waals surface area contributed by atoms with E-state index in [1.807, 2.05) is 0 Å². The number of nitrogens with zero attached hydrogens (tertiary/aromatic N) is 3.